The third-order valence-corrected chi connectivity index (χ3v) is 4.97. The normalized spacial score (nSPS) is 36.5. The second kappa shape index (κ2) is 5.68. The van der Waals surface area contributed by atoms with E-state index in [0.29, 0.717) is 5.92 Å². The maximum Gasteiger partial charge on any atom is 0.0613 e. The van der Waals surface area contributed by atoms with Crippen LogP contribution in [0, 0.1) is 11.8 Å². The monoisotopic (exact) mass is 240 g/mol. The number of aliphatic hydroxyl groups is 1. The number of piperidine rings is 1. The van der Waals surface area contributed by atoms with Crippen LogP contribution in [0.3, 0.4) is 0 Å². The largest absolute Gasteiger partial charge is 0.394 e. The number of rotatable bonds is 4. The minimum Gasteiger partial charge on any atom is -0.394 e. The summed E-state index contributed by atoms with van der Waals surface area (Å²) in [6.07, 6.45) is 7.27. The number of likely N-dealkylation sites (tertiary alicyclic amines) is 1. The van der Waals surface area contributed by atoms with Crippen molar-refractivity contribution in [3.8, 4) is 0 Å². The molecular weight excluding hydrogens is 212 g/mol. The van der Waals surface area contributed by atoms with Crippen LogP contribution < -0.4 is 5.73 Å². The van der Waals surface area contributed by atoms with Crippen LogP contribution >= 0.6 is 0 Å². The number of hydrogen-bond acceptors (Lipinski definition) is 3. The first-order valence-corrected chi connectivity index (χ1v) is 7.26. The topological polar surface area (TPSA) is 49.5 Å². The fourth-order valence-corrected chi connectivity index (χ4v) is 3.43. The highest BCUT2D eigenvalue weighted by Crippen LogP contribution is 2.36. The summed E-state index contributed by atoms with van der Waals surface area (Å²) in [6.45, 7) is 6.20. The van der Waals surface area contributed by atoms with Gasteiger partial charge in [0.2, 0.25) is 0 Å². The zero-order valence-corrected chi connectivity index (χ0v) is 11.2. The van der Waals surface area contributed by atoms with Gasteiger partial charge in [-0.15, -0.1) is 0 Å². The van der Waals surface area contributed by atoms with E-state index in [0.717, 1.165) is 12.3 Å². The predicted molar refractivity (Wildman–Crippen MR) is 70.8 cm³/mol. The molecule has 1 aliphatic heterocycles. The summed E-state index contributed by atoms with van der Waals surface area (Å²) in [5, 5.41) is 9.43. The number of aliphatic hydroxyl groups excluding tert-OH is 1. The van der Waals surface area contributed by atoms with E-state index in [1.807, 2.05) is 0 Å². The van der Waals surface area contributed by atoms with Gasteiger partial charge in [0.25, 0.3) is 0 Å². The molecule has 2 aliphatic rings. The molecule has 0 aromatic heterocycles. The lowest BCUT2D eigenvalue weighted by Crippen LogP contribution is -2.48. The Morgan fingerprint density at radius 1 is 1.29 bits per heavy atom. The van der Waals surface area contributed by atoms with Crippen molar-refractivity contribution in [2.24, 2.45) is 17.6 Å². The summed E-state index contributed by atoms with van der Waals surface area (Å²) in [5.41, 5.74) is 6.00. The Balaban J connectivity index is 1.74. The molecule has 3 heteroatoms. The van der Waals surface area contributed by atoms with Crippen LogP contribution in [0.4, 0.5) is 0 Å². The van der Waals surface area contributed by atoms with Crippen molar-refractivity contribution in [1.29, 1.82) is 0 Å². The molecule has 0 bridgehead atoms. The summed E-state index contributed by atoms with van der Waals surface area (Å²) >= 11 is 0. The Hall–Kier alpha value is -0.120. The van der Waals surface area contributed by atoms with E-state index >= 15 is 0 Å². The molecule has 0 spiro atoms. The van der Waals surface area contributed by atoms with Gasteiger partial charge in [-0.1, -0.05) is 13.3 Å². The van der Waals surface area contributed by atoms with Gasteiger partial charge in [-0.25, -0.2) is 0 Å². The zero-order chi connectivity index (χ0) is 12.3. The second-order valence-electron chi connectivity index (χ2n) is 6.29. The molecule has 1 heterocycles. The lowest BCUT2D eigenvalue weighted by molar-refractivity contribution is 0.133. The van der Waals surface area contributed by atoms with Crippen LogP contribution in [-0.4, -0.2) is 41.8 Å². The maximum atomic E-state index is 9.43. The average Bonchev–Trinajstić information content (AvgIpc) is 2.71. The van der Waals surface area contributed by atoms with Crippen molar-refractivity contribution in [3.05, 3.63) is 0 Å². The van der Waals surface area contributed by atoms with Crippen LogP contribution in [-0.2, 0) is 0 Å². The van der Waals surface area contributed by atoms with Gasteiger partial charge in [0.15, 0.2) is 0 Å². The van der Waals surface area contributed by atoms with Gasteiger partial charge in [0, 0.05) is 5.54 Å². The van der Waals surface area contributed by atoms with Gasteiger partial charge >= 0.3 is 0 Å². The van der Waals surface area contributed by atoms with Crippen molar-refractivity contribution in [1.82, 2.24) is 4.90 Å². The first-order valence-electron chi connectivity index (χ1n) is 7.26. The lowest BCUT2D eigenvalue weighted by Gasteiger charge is -2.34. The van der Waals surface area contributed by atoms with Crippen LogP contribution in [0.25, 0.3) is 0 Å². The van der Waals surface area contributed by atoms with Crippen LogP contribution in [0.15, 0.2) is 0 Å². The molecule has 17 heavy (non-hydrogen) atoms. The summed E-state index contributed by atoms with van der Waals surface area (Å²) < 4.78 is 0. The molecule has 2 rings (SSSR count). The van der Waals surface area contributed by atoms with Gasteiger partial charge in [-0.2, -0.15) is 0 Å². The standard InChI is InChI=1S/C14H28N2O/c1-12-4-8-16(9-5-12)10-6-13-3-2-7-14(13,15)11-17/h12-13,17H,2-11,15H2,1H3. The Kier molecular flexibility index (Phi) is 4.45. The van der Waals surface area contributed by atoms with Crippen molar-refractivity contribution >= 4 is 0 Å². The van der Waals surface area contributed by atoms with E-state index in [1.54, 1.807) is 0 Å². The average molecular weight is 240 g/mol. The van der Waals surface area contributed by atoms with E-state index in [9.17, 15) is 5.11 Å². The molecule has 2 atom stereocenters. The van der Waals surface area contributed by atoms with Gasteiger partial charge in [-0.3, -0.25) is 0 Å². The summed E-state index contributed by atoms with van der Waals surface area (Å²) in [4.78, 5) is 2.58. The number of nitrogens with two attached hydrogens (primary N) is 1. The van der Waals surface area contributed by atoms with Gasteiger partial charge < -0.3 is 15.7 Å². The predicted octanol–water partition coefficient (Wildman–Crippen LogP) is 1.60. The Morgan fingerprint density at radius 2 is 2.00 bits per heavy atom. The summed E-state index contributed by atoms with van der Waals surface area (Å²) in [7, 11) is 0. The van der Waals surface area contributed by atoms with Crippen molar-refractivity contribution in [2.45, 2.75) is 51.0 Å². The SMILES string of the molecule is CC1CCN(CCC2CCCC2(N)CO)CC1. The quantitative estimate of drug-likeness (QED) is 0.785. The maximum absolute atomic E-state index is 9.43. The number of nitrogens with zero attached hydrogens (tertiary/aromatic N) is 1. The van der Waals surface area contributed by atoms with Crippen molar-refractivity contribution in [2.75, 3.05) is 26.2 Å². The number of hydrogen-bond donors (Lipinski definition) is 2. The third kappa shape index (κ3) is 3.21. The van der Waals surface area contributed by atoms with Crippen LogP contribution in [0.2, 0.25) is 0 Å². The Bertz CT molecular complexity index is 238. The van der Waals surface area contributed by atoms with E-state index in [2.05, 4.69) is 11.8 Å². The molecule has 0 amide bonds. The molecule has 0 radical (unpaired) electrons. The molecule has 2 unspecified atom stereocenters. The van der Waals surface area contributed by atoms with Gasteiger partial charge in [-0.05, 0) is 63.6 Å². The smallest absolute Gasteiger partial charge is 0.0613 e. The first kappa shape index (κ1) is 13.3. The lowest BCUT2D eigenvalue weighted by atomic mass is 9.86. The molecule has 0 aromatic rings. The minimum atomic E-state index is -0.275. The van der Waals surface area contributed by atoms with Crippen molar-refractivity contribution < 1.29 is 5.11 Å². The molecule has 1 saturated heterocycles. The fourth-order valence-electron chi connectivity index (χ4n) is 3.43. The van der Waals surface area contributed by atoms with Gasteiger partial charge in [0.05, 0.1) is 6.61 Å². The van der Waals surface area contributed by atoms with Gasteiger partial charge in [0.1, 0.15) is 0 Å². The van der Waals surface area contributed by atoms with E-state index in [-0.39, 0.29) is 12.1 Å². The first-order chi connectivity index (χ1) is 8.14. The Morgan fingerprint density at radius 3 is 2.65 bits per heavy atom. The van der Waals surface area contributed by atoms with E-state index in [4.69, 9.17) is 5.73 Å². The van der Waals surface area contributed by atoms with E-state index < -0.39 is 0 Å². The molecule has 3 nitrogen and oxygen atoms in total. The molecule has 0 aromatic carbocycles. The van der Waals surface area contributed by atoms with E-state index in [1.165, 1.54) is 51.7 Å². The molecule has 1 aliphatic carbocycles. The highest BCUT2D eigenvalue weighted by molar-refractivity contribution is 4.96. The van der Waals surface area contributed by atoms with Crippen LogP contribution in [0.1, 0.15) is 45.4 Å². The minimum absolute atomic E-state index is 0.161. The Labute approximate surface area is 105 Å². The molecule has 100 valence electrons. The molecule has 2 fully saturated rings. The molecule has 1 saturated carbocycles. The fraction of sp³-hybridized carbons (Fsp3) is 1.00. The molecular formula is C14H28N2O. The van der Waals surface area contributed by atoms with Crippen LogP contribution in [0.5, 0.6) is 0 Å². The third-order valence-electron chi connectivity index (χ3n) is 4.97. The zero-order valence-electron chi connectivity index (χ0n) is 11.2. The highest BCUT2D eigenvalue weighted by atomic mass is 16.3. The summed E-state index contributed by atoms with van der Waals surface area (Å²) in [6, 6.07) is 0. The highest BCUT2D eigenvalue weighted by Gasteiger charge is 2.38. The molecule has 3 N–H and O–H groups in total. The second-order valence-corrected chi connectivity index (χ2v) is 6.29. The van der Waals surface area contributed by atoms with Crippen molar-refractivity contribution in [3.63, 3.8) is 0 Å². The summed E-state index contributed by atoms with van der Waals surface area (Å²) in [5.74, 6) is 1.44.